The van der Waals surface area contributed by atoms with Gasteiger partial charge in [0.2, 0.25) is 0 Å². The fraction of sp³-hybridized carbons (Fsp3) is 0.714. The minimum absolute atomic E-state index is 0.192. The van der Waals surface area contributed by atoms with E-state index >= 15 is 0 Å². The zero-order valence-electron chi connectivity index (χ0n) is 6.26. The predicted octanol–water partition coefficient (Wildman–Crippen LogP) is 0.567. The molecule has 1 saturated carbocycles. The minimum Gasteiger partial charge on any atom is -0.480 e. The highest BCUT2D eigenvalue weighted by atomic mass is 16.4. The first kappa shape index (κ1) is 8.04. The van der Waals surface area contributed by atoms with Crippen molar-refractivity contribution in [3.63, 3.8) is 0 Å². The Morgan fingerprint density at radius 2 is 1.91 bits per heavy atom. The lowest BCUT2D eigenvalue weighted by Crippen LogP contribution is -2.41. The van der Waals surface area contributed by atoms with Crippen molar-refractivity contribution in [3.05, 3.63) is 0 Å². The highest BCUT2D eigenvalue weighted by molar-refractivity contribution is 6.02. The summed E-state index contributed by atoms with van der Waals surface area (Å²) in [5, 5.41) is 16.0. The summed E-state index contributed by atoms with van der Waals surface area (Å²) in [4.78, 5) is 10.7. The number of carboxylic acids is 1. The molecule has 62 valence electrons. The van der Waals surface area contributed by atoms with Crippen LogP contribution in [0.15, 0.2) is 0 Å². The second-order valence-corrected chi connectivity index (χ2v) is 3.01. The molecular formula is C7H12N2O2. The Morgan fingerprint density at radius 1 is 1.45 bits per heavy atom. The second kappa shape index (κ2) is 2.53. The molecule has 0 unspecified atom stereocenters. The molecule has 1 aliphatic rings. The lowest BCUT2D eigenvalue weighted by atomic mass is 9.85. The van der Waals surface area contributed by atoms with E-state index in [1.165, 1.54) is 0 Å². The molecule has 11 heavy (non-hydrogen) atoms. The number of carboxylic acid groups (broad SMARTS) is 1. The van der Waals surface area contributed by atoms with Crippen LogP contribution in [0.5, 0.6) is 0 Å². The van der Waals surface area contributed by atoms with Gasteiger partial charge in [-0.15, -0.1) is 0 Å². The molecule has 0 aromatic heterocycles. The van der Waals surface area contributed by atoms with Gasteiger partial charge in [0.05, 0.1) is 0 Å². The van der Waals surface area contributed by atoms with E-state index in [-0.39, 0.29) is 5.84 Å². The first-order valence-electron chi connectivity index (χ1n) is 3.67. The molecule has 0 radical (unpaired) electrons. The van der Waals surface area contributed by atoms with Gasteiger partial charge in [-0.25, -0.2) is 0 Å². The van der Waals surface area contributed by atoms with Gasteiger partial charge in [-0.3, -0.25) is 10.2 Å². The van der Waals surface area contributed by atoms with Crippen LogP contribution in [0.1, 0.15) is 25.7 Å². The highest BCUT2D eigenvalue weighted by Gasteiger charge is 2.44. The van der Waals surface area contributed by atoms with Crippen LogP contribution in [0, 0.1) is 10.8 Å². The largest absolute Gasteiger partial charge is 0.480 e. The zero-order valence-corrected chi connectivity index (χ0v) is 6.26. The standard InChI is InChI=1S/C7H12N2O2/c8-5(9)7(6(10)11)3-1-2-4-7/h1-4H2,(H3,8,9)(H,10,11). The topological polar surface area (TPSA) is 87.2 Å². The van der Waals surface area contributed by atoms with Crippen molar-refractivity contribution in [3.8, 4) is 0 Å². The first-order valence-corrected chi connectivity index (χ1v) is 3.67. The SMILES string of the molecule is N=C(N)C1(C(=O)O)CCCC1. The average Bonchev–Trinajstić information content (AvgIpc) is 2.34. The van der Waals surface area contributed by atoms with Gasteiger partial charge in [-0.1, -0.05) is 12.8 Å². The monoisotopic (exact) mass is 156 g/mol. The normalized spacial score (nSPS) is 21.5. The van der Waals surface area contributed by atoms with E-state index in [1.54, 1.807) is 0 Å². The third-order valence-electron chi connectivity index (χ3n) is 2.38. The average molecular weight is 156 g/mol. The van der Waals surface area contributed by atoms with E-state index in [4.69, 9.17) is 16.2 Å². The Hall–Kier alpha value is -1.06. The number of amidine groups is 1. The molecule has 0 bridgehead atoms. The lowest BCUT2D eigenvalue weighted by molar-refractivity contribution is -0.144. The van der Waals surface area contributed by atoms with Crippen LogP contribution in [-0.2, 0) is 4.79 Å². The van der Waals surface area contributed by atoms with Crippen LogP contribution in [0.3, 0.4) is 0 Å². The number of hydrogen-bond donors (Lipinski definition) is 3. The number of aliphatic carboxylic acids is 1. The molecule has 0 aliphatic heterocycles. The van der Waals surface area contributed by atoms with E-state index in [9.17, 15) is 4.79 Å². The van der Waals surface area contributed by atoms with Gasteiger partial charge in [0.25, 0.3) is 0 Å². The van der Waals surface area contributed by atoms with Gasteiger partial charge in [0.1, 0.15) is 11.3 Å². The van der Waals surface area contributed by atoms with Crippen molar-refractivity contribution in [2.45, 2.75) is 25.7 Å². The summed E-state index contributed by atoms with van der Waals surface area (Å²) < 4.78 is 0. The summed E-state index contributed by atoms with van der Waals surface area (Å²) in [6.45, 7) is 0. The van der Waals surface area contributed by atoms with E-state index in [0.717, 1.165) is 12.8 Å². The van der Waals surface area contributed by atoms with Crippen molar-refractivity contribution in [1.82, 2.24) is 0 Å². The molecule has 4 N–H and O–H groups in total. The minimum atomic E-state index is -1.03. The van der Waals surface area contributed by atoms with Gasteiger partial charge in [0.15, 0.2) is 0 Å². The Kier molecular flexibility index (Phi) is 1.85. The molecule has 0 amide bonds. The quantitative estimate of drug-likeness (QED) is 0.403. The summed E-state index contributed by atoms with van der Waals surface area (Å²) in [7, 11) is 0. The van der Waals surface area contributed by atoms with Gasteiger partial charge >= 0.3 is 5.97 Å². The molecule has 4 heteroatoms. The number of rotatable bonds is 2. The Labute approximate surface area is 64.9 Å². The molecule has 0 aromatic carbocycles. The highest BCUT2D eigenvalue weighted by Crippen LogP contribution is 2.37. The molecule has 0 heterocycles. The Morgan fingerprint density at radius 3 is 2.09 bits per heavy atom. The second-order valence-electron chi connectivity index (χ2n) is 3.01. The van der Waals surface area contributed by atoms with Crippen LogP contribution in [-0.4, -0.2) is 16.9 Å². The fourth-order valence-electron chi connectivity index (χ4n) is 1.58. The molecule has 0 atom stereocenters. The van der Waals surface area contributed by atoms with E-state index in [1.807, 2.05) is 0 Å². The first-order chi connectivity index (χ1) is 5.09. The van der Waals surface area contributed by atoms with Gasteiger partial charge in [0, 0.05) is 0 Å². The summed E-state index contributed by atoms with van der Waals surface area (Å²) in [5.41, 5.74) is 4.21. The molecule has 0 saturated heterocycles. The van der Waals surface area contributed by atoms with Crippen molar-refractivity contribution in [2.75, 3.05) is 0 Å². The third-order valence-corrected chi connectivity index (χ3v) is 2.38. The summed E-state index contributed by atoms with van der Waals surface area (Å²) in [5.74, 6) is -1.13. The summed E-state index contributed by atoms with van der Waals surface area (Å²) >= 11 is 0. The van der Waals surface area contributed by atoms with Gasteiger partial charge in [-0.05, 0) is 12.8 Å². The van der Waals surface area contributed by atoms with Crippen LogP contribution in [0.25, 0.3) is 0 Å². The Balaban J connectivity index is 2.87. The maximum atomic E-state index is 10.7. The van der Waals surface area contributed by atoms with E-state index in [2.05, 4.69) is 0 Å². The van der Waals surface area contributed by atoms with Crippen LogP contribution < -0.4 is 5.73 Å². The molecule has 0 spiro atoms. The summed E-state index contributed by atoms with van der Waals surface area (Å²) in [6.07, 6.45) is 2.78. The van der Waals surface area contributed by atoms with Crippen molar-refractivity contribution in [2.24, 2.45) is 11.1 Å². The van der Waals surface area contributed by atoms with Crippen molar-refractivity contribution < 1.29 is 9.90 Å². The molecular weight excluding hydrogens is 144 g/mol. The number of nitrogens with two attached hydrogens (primary N) is 1. The number of carbonyl (C=O) groups is 1. The van der Waals surface area contributed by atoms with E-state index < -0.39 is 11.4 Å². The summed E-state index contributed by atoms with van der Waals surface area (Å²) in [6, 6.07) is 0. The Bertz CT molecular complexity index is 179. The maximum Gasteiger partial charge on any atom is 0.317 e. The zero-order chi connectivity index (χ0) is 8.48. The predicted molar refractivity (Wildman–Crippen MR) is 40.5 cm³/mol. The molecule has 1 rings (SSSR count). The smallest absolute Gasteiger partial charge is 0.317 e. The van der Waals surface area contributed by atoms with Gasteiger partial charge < -0.3 is 10.8 Å². The van der Waals surface area contributed by atoms with Crippen LogP contribution >= 0.6 is 0 Å². The maximum absolute atomic E-state index is 10.7. The number of hydrogen-bond acceptors (Lipinski definition) is 2. The number of nitrogens with one attached hydrogen (secondary N) is 1. The lowest BCUT2D eigenvalue weighted by Gasteiger charge is -2.21. The fourth-order valence-corrected chi connectivity index (χ4v) is 1.58. The molecule has 4 nitrogen and oxygen atoms in total. The van der Waals surface area contributed by atoms with Crippen molar-refractivity contribution >= 4 is 11.8 Å². The van der Waals surface area contributed by atoms with Gasteiger partial charge in [-0.2, -0.15) is 0 Å². The molecule has 1 fully saturated rings. The van der Waals surface area contributed by atoms with Crippen molar-refractivity contribution in [1.29, 1.82) is 5.41 Å². The third kappa shape index (κ3) is 1.08. The van der Waals surface area contributed by atoms with Crippen LogP contribution in [0.4, 0.5) is 0 Å². The molecule has 0 aromatic rings. The van der Waals surface area contributed by atoms with E-state index in [0.29, 0.717) is 12.8 Å². The van der Waals surface area contributed by atoms with Crippen LogP contribution in [0.2, 0.25) is 0 Å². The molecule has 1 aliphatic carbocycles.